The maximum absolute atomic E-state index is 12.2. The topological polar surface area (TPSA) is 81.1 Å². The molecule has 0 bridgehead atoms. The Bertz CT molecular complexity index is 675. The lowest BCUT2D eigenvalue weighted by Crippen LogP contribution is -2.40. The van der Waals surface area contributed by atoms with Crippen LogP contribution in [0.3, 0.4) is 0 Å². The summed E-state index contributed by atoms with van der Waals surface area (Å²) in [7, 11) is 1.91. The Labute approximate surface area is 136 Å². The molecule has 3 heterocycles. The van der Waals surface area contributed by atoms with Gasteiger partial charge in [-0.1, -0.05) is 0 Å². The molecule has 0 radical (unpaired) electrons. The number of urea groups is 1. The Kier molecular flexibility index (Phi) is 4.39. The van der Waals surface area contributed by atoms with Gasteiger partial charge in [-0.15, -0.1) is 0 Å². The van der Waals surface area contributed by atoms with Crippen LogP contribution in [0.2, 0.25) is 0 Å². The first kappa shape index (κ1) is 15.0. The van der Waals surface area contributed by atoms with Gasteiger partial charge < -0.3 is 19.9 Å². The number of amides is 2. The van der Waals surface area contributed by atoms with Gasteiger partial charge in [0, 0.05) is 38.4 Å². The summed E-state index contributed by atoms with van der Waals surface area (Å²) < 4.78 is 8.36. The fraction of sp³-hybridized carbons (Fsp3) is 0.357. The first-order valence-electron chi connectivity index (χ1n) is 6.91. The number of aromatic nitrogens is 3. The summed E-state index contributed by atoms with van der Waals surface area (Å²) in [5, 5.41) is 5.75. The van der Waals surface area contributed by atoms with Gasteiger partial charge in [0.05, 0.1) is 16.2 Å². The van der Waals surface area contributed by atoms with E-state index in [1.165, 1.54) is 0 Å². The van der Waals surface area contributed by atoms with Crippen LogP contribution < -0.4 is 10.6 Å². The van der Waals surface area contributed by atoms with Gasteiger partial charge in [-0.05, 0) is 28.4 Å². The number of halogens is 1. The van der Waals surface area contributed by atoms with Crippen molar-refractivity contribution in [3.05, 3.63) is 41.2 Å². The molecule has 1 saturated heterocycles. The van der Waals surface area contributed by atoms with E-state index in [0.29, 0.717) is 12.3 Å². The smallest absolute Gasteiger partial charge is 0.319 e. The number of ether oxygens (including phenoxy) is 1. The average molecular weight is 366 g/mol. The zero-order chi connectivity index (χ0) is 15.5. The van der Waals surface area contributed by atoms with E-state index in [-0.39, 0.29) is 18.2 Å². The summed E-state index contributed by atoms with van der Waals surface area (Å²) in [6.07, 6.45) is 7.36. The number of aryl methyl sites for hydroxylation is 1. The molecule has 1 aliphatic heterocycles. The van der Waals surface area contributed by atoms with Gasteiger partial charge >= 0.3 is 6.03 Å². The molecule has 2 amide bonds. The van der Waals surface area contributed by atoms with Crippen molar-refractivity contribution in [3.63, 3.8) is 0 Å². The zero-order valence-corrected chi connectivity index (χ0v) is 13.6. The third kappa shape index (κ3) is 3.12. The maximum Gasteiger partial charge on any atom is 0.319 e. The summed E-state index contributed by atoms with van der Waals surface area (Å²) in [4.78, 5) is 20.4. The molecule has 2 aromatic rings. The lowest BCUT2D eigenvalue weighted by atomic mass is 10.1. The fourth-order valence-corrected chi connectivity index (χ4v) is 2.80. The van der Waals surface area contributed by atoms with Crippen molar-refractivity contribution in [1.29, 1.82) is 0 Å². The highest BCUT2D eigenvalue weighted by molar-refractivity contribution is 9.10. The van der Waals surface area contributed by atoms with Crippen molar-refractivity contribution in [3.8, 4) is 0 Å². The van der Waals surface area contributed by atoms with Gasteiger partial charge in [0.15, 0.2) is 0 Å². The van der Waals surface area contributed by atoms with Crippen LogP contribution in [0.1, 0.15) is 18.3 Å². The van der Waals surface area contributed by atoms with Crippen molar-refractivity contribution < 1.29 is 9.53 Å². The number of carbonyl (C=O) groups excluding carboxylic acids is 1. The van der Waals surface area contributed by atoms with Gasteiger partial charge in [-0.2, -0.15) is 0 Å². The van der Waals surface area contributed by atoms with E-state index in [1.807, 2.05) is 17.8 Å². The Morgan fingerprint density at radius 1 is 1.50 bits per heavy atom. The van der Waals surface area contributed by atoms with E-state index >= 15 is 0 Å². The number of hydrogen-bond donors (Lipinski definition) is 2. The molecule has 0 aliphatic carbocycles. The number of hydrogen-bond acceptors (Lipinski definition) is 4. The fourth-order valence-electron chi connectivity index (χ4n) is 2.45. The Balaban J connectivity index is 1.66. The van der Waals surface area contributed by atoms with Gasteiger partial charge in [-0.3, -0.25) is 4.98 Å². The molecule has 2 atom stereocenters. The van der Waals surface area contributed by atoms with E-state index in [9.17, 15) is 4.79 Å². The summed E-state index contributed by atoms with van der Waals surface area (Å²) in [5.41, 5.74) is 0.667. The molecule has 0 aromatic carbocycles. The van der Waals surface area contributed by atoms with Crippen LogP contribution in [0.4, 0.5) is 10.5 Å². The van der Waals surface area contributed by atoms with Crippen LogP contribution in [0, 0.1) is 0 Å². The predicted octanol–water partition coefficient (Wildman–Crippen LogP) is 2.23. The van der Waals surface area contributed by atoms with Crippen LogP contribution >= 0.6 is 15.9 Å². The van der Waals surface area contributed by atoms with Crippen molar-refractivity contribution in [1.82, 2.24) is 19.9 Å². The second-order valence-electron chi connectivity index (χ2n) is 5.04. The average Bonchev–Trinajstić information content (AvgIpc) is 3.10. The standard InChI is InChI=1S/C14H16BrN5O2/c1-20-6-5-17-13(20)12-11(3-7-22-12)19-14(21)18-10-2-4-16-8-9(10)15/h2,4-6,8,11-12H,3,7H2,1H3,(H2,16,18,19,21)/t11-,12-/m1/s1. The lowest BCUT2D eigenvalue weighted by molar-refractivity contribution is 0.0913. The second-order valence-corrected chi connectivity index (χ2v) is 5.89. The molecule has 22 heavy (non-hydrogen) atoms. The van der Waals surface area contributed by atoms with Crippen molar-refractivity contribution in [2.24, 2.45) is 7.05 Å². The molecule has 1 aliphatic rings. The van der Waals surface area contributed by atoms with Gasteiger partial charge in [0.2, 0.25) is 0 Å². The third-order valence-corrected chi connectivity index (χ3v) is 4.17. The van der Waals surface area contributed by atoms with Crippen LogP contribution in [-0.2, 0) is 11.8 Å². The lowest BCUT2D eigenvalue weighted by Gasteiger charge is -2.20. The molecule has 0 saturated carbocycles. The molecule has 8 heteroatoms. The van der Waals surface area contributed by atoms with E-state index in [4.69, 9.17) is 4.74 Å². The van der Waals surface area contributed by atoms with E-state index in [1.54, 1.807) is 24.7 Å². The monoisotopic (exact) mass is 365 g/mol. The van der Waals surface area contributed by atoms with Gasteiger partial charge in [0.1, 0.15) is 11.9 Å². The number of nitrogens with one attached hydrogen (secondary N) is 2. The summed E-state index contributed by atoms with van der Waals surface area (Å²) in [6.45, 7) is 0.599. The van der Waals surface area contributed by atoms with Crippen molar-refractivity contribution in [2.75, 3.05) is 11.9 Å². The normalized spacial score (nSPS) is 20.8. The Morgan fingerprint density at radius 2 is 2.36 bits per heavy atom. The van der Waals surface area contributed by atoms with Crippen LogP contribution in [0.5, 0.6) is 0 Å². The maximum atomic E-state index is 12.2. The minimum atomic E-state index is -0.276. The zero-order valence-electron chi connectivity index (χ0n) is 12.0. The molecule has 3 rings (SSSR count). The summed E-state index contributed by atoms with van der Waals surface area (Å²) in [6, 6.07) is 1.34. The molecular formula is C14H16BrN5O2. The van der Waals surface area contributed by atoms with E-state index in [2.05, 4.69) is 36.5 Å². The second kappa shape index (κ2) is 6.45. The van der Waals surface area contributed by atoms with E-state index in [0.717, 1.165) is 16.7 Å². The SMILES string of the molecule is Cn1ccnc1[C@@H]1OCC[C@H]1NC(=O)Nc1ccncc1Br. The minimum absolute atomic E-state index is 0.110. The van der Waals surface area contributed by atoms with Crippen LogP contribution in [-0.4, -0.2) is 33.2 Å². The van der Waals surface area contributed by atoms with E-state index < -0.39 is 0 Å². The van der Waals surface area contributed by atoms with Crippen LogP contribution in [0.25, 0.3) is 0 Å². The highest BCUT2D eigenvalue weighted by Gasteiger charge is 2.33. The Hall–Kier alpha value is -1.93. The molecule has 0 spiro atoms. The summed E-state index contributed by atoms with van der Waals surface area (Å²) >= 11 is 3.35. The number of pyridine rings is 1. The first-order chi connectivity index (χ1) is 10.6. The third-order valence-electron chi connectivity index (χ3n) is 3.54. The highest BCUT2D eigenvalue weighted by Crippen LogP contribution is 2.28. The quantitative estimate of drug-likeness (QED) is 0.873. The van der Waals surface area contributed by atoms with Gasteiger partial charge in [-0.25, -0.2) is 9.78 Å². The Morgan fingerprint density at radius 3 is 3.09 bits per heavy atom. The van der Waals surface area contributed by atoms with Crippen LogP contribution in [0.15, 0.2) is 35.3 Å². The number of anilines is 1. The summed E-state index contributed by atoms with van der Waals surface area (Å²) in [5.74, 6) is 0.813. The predicted molar refractivity (Wildman–Crippen MR) is 84.4 cm³/mol. The number of rotatable bonds is 3. The molecule has 1 fully saturated rings. The van der Waals surface area contributed by atoms with Crippen molar-refractivity contribution in [2.45, 2.75) is 18.6 Å². The minimum Gasteiger partial charge on any atom is -0.368 e. The van der Waals surface area contributed by atoms with Gasteiger partial charge in [0.25, 0.3) is 0 Å². The first-order valence-corrected chi connectivity index (χ1v) is 7.70. The number of carbonyl (C=O) groups is 1. The largest absolute Gasteiger partial charge is 0.368 e. The molecule has 7 nitrogen and oxygen atoms in total. The van der Waals surface area contributed by atoms with Crippen molar-refractivity contribution >= 4 is 27.6 Å². The number of imidazole rings is 1. The molecule has 116 valence electrons. The molecule has 0 unspecified atom stereocenters. The number of nitrogens with zero attached hydrogens (tertiary/aromatic N) is 3. The highest BCUT2D eigenvalue weighted by atomic mass is 79.9. The molecular weight excluding hydrogens is 350 g/mol. The molecule has 2 N–H and O–H groups in total. The molecule has 2 aromatic heterocycles.